The van der Waals surface area contributed by atoms with Gasteiger partial charge < -0.3 is 15.0 Å². The van der Waals surface area contributed by atoms with Gasteiger partial charge in [-0.3, -0.25) is 9.59 Å². The molecule has 2 aromatic carbocycles. The number of anilines is 2. The van der Waals surface area contributed by atoms with Crippen molar-refractivity contribution in [3.8, 4) is 5.75 Å². The smallest absolute Gasteiger partial charge is 0.265 e. The Morgan fingerprint density at radius 3 is 2.76 bits per heavy atom. The molecule has 130 valence electrons. The van der Waals surface area contributed by atoms with Crippen LogP contribution in [0.1, 0.15) is 13.3 Å². The van der Waals surface area contributed by atoms with Gasteiger partial charge in [-0.2, -0.15) is 0 Å². The van der Waals surface area contributed by atoms with Gasteiger partial charge in [0, 0.05) is 18.5 Å². The summed E-state index contributed by atoms with van der Waals surface area (Å²) in [5.74, 6) is -2.55. The van der Waals surface area contributed by atoms with E-state index in [2.05, 4.69) is 5.32 Å². The maximum Gasteiger partial charge on any atom is 0.265 e. The number of fused-ring (bicyclic) bond motifs is 1. The Labute approximate surface area is 143 Å². The molecular weight excluding hydrogens is 330 g/mol. The van der Waals surface area contributed by atoms with Crippen LogP contribution in [0.2, 0.25) is 0 Å². The molecule has 7 heteroatoms. The number of nitrogens with one attached hydrogen (secondary N) is 1. The van der Waals surface area contributed by atoms with Crippen LogP contribution in [0.15, 0.2) is 42.5 Å². The van der Waals surface area contributed by atoms with E-state index in [1.165, 1.54) is 11.0 Å². The van der Waals surface area contributed by atoms with Crippen LogP contribution in [0, 0.1) is 11.6 Å². The molecule has 0 saturated carbocycles. The number of nitrogens with zero attached hydrogens (tertiary/aromatic N) is 1. The first-order valence-electron chi connectivity index (χ1n) is 7.74. The van der Waals surface area contributed by atoms with E-state index in [1.807, 2.05) is 0 Å². The molecule has 1 heterocycles. The lowest BCUT2D eigenvalue weighted by Crippen LogP contribution is -2.41. The molecule has 0 saturated heterocycles. The van der Waals surface area contributed by atoms with E-state index >= 15 is 0 Å². The lowest BCUT2D eigenvalue weighted by molar-refractivity contribution is -0.121. The number of carbonyl (C=O) groups excluding carboxylic acids is 2. The summed E-state index contributed by atoms with van der Waals surface area (Å²) in [5, 5.41) is 2.76. The van der Waals surface area contributed by atoms with E-state index in [4.69, 9.17) is 4.74 Å². The molecule has 25 heavy (non-hydrogen) atoms. The highest BCUT2D eigenvalue weighted by Crippen LogP contribution is 2.31. The summed E-state index contributed by atoms with van der Waals surface area (Å²) in [6.07, 6.45) is 0.144. The number of amides is 2. The fourth-order valence-corrected chi connectivity index (χ4v) is 2.75. The van der Waals surface area contributed by atoms with Gasteiger partial charge in [0.25, 0.3) is 5.91 Å². The van der Waals surface area contributed by atoms with Crippen LogP contribution in [-0.2, 0) is 9.59 Å². The standard InChI is InChI=1S/C18H16F2N2O3/c1-11-8-17(23)21-15-4-2-3-5-16(15)22(11)18(24)10-25-12-6-7-13(19)14(20)9-12/h2-7,9,11H,8,10H2,1H3,(H,21,23)/t11-/m1/s1. The highest BCUT2D eigenvalue weighted by molar-refractivity contribution is 6.04. The fourth-order valence-electron chi connectivity index (χ4n) is 2.75. The summed E-state index contributed by atoms with van der Waals surface area (Å²) in [4.78, 5) is 26.0. The molecular formula is C18H16F2N2O3. The van der Waals surface area contributed by atoms with E-state index in [0.717, 1.165) is 12.1 Å². The van der Waals surface area contributed by atoms with Gasteiger partial charge >= 0.3 is 0 Å². The second kappa shape index (κ2) is 6.88. The minimum absolute atomic E-state index is 0.0530. The zero-order chi connectivity index (χ0) is 18.0. The molecule has 0 spiro atoms. The quantitative estimate of drug-likeness (QED) is 0.929. The molecule has 1 N–H and O–H groups in total. The molecule has 1 aliphatic heterocycles. The van der Waals surface area contributed by atoms with Crippen LogP contribution in [0.3, 0.4) is 0 Å². The van der Waals surface area contributed by atoms with E-state index < -0.39 is 11.6 Å². The predicted molar refractivity (Wildman–Crippen MR) is 88.5 cm³/mol. The van der Waals surface area contributed by atoms with Crippen molar-refractivity contribution in [3.63, 3.8) is 0 Å². The van der Waals surface area contributed by atoms with Gasteiger partial charge in [0.15, 0.2) is 18.2 Å². The first-order chi connectivity index (χ1) is 12.0. The summed E-state index contributed by atoms with van der Waals surface area (Å²) in [6.45, 7) is 1.40. The summed E-state index contributed by atoms with van der Waals surface area (Å²) >= 11 is 0. The normalized spacial score (nSPS) is 16.7. The van der Waals surface area contributed by atoms with Crippen molar-refractivity contribution in [1.82, 2.24) is 0 Å². The molecule has 0 aromatic heterocycles. The maximum atomic E-state index is 13.2. The number of hydrogen-bond acceptors (Lipinski definition) is 3. The van der Waals surface area contributed by atoms with Crippen molar-refractivity contribution in [2.24, 2.45) is 0 Å². The van der Waals surface area contributed by atoms with Crippen molar-refractivity contribution < 1.29 is 23.1 Å². The monoisotopic (exact) mass is 346 g/mol. The van der Waals surface area contributed by atoms with Crippen molar-refractivity contribution >= 4 is 23.2 Å². The summed E-state index contributed by atoms with van der Waals surface area (Å²) < 4.78 is 31.4. The number of benzene rings is 2. The molecule has 1 aliphatic rings. The SMILES string of the molecule is C[C@@H]1CC(=O)Nc2ccccc2N1C(=O)COc1ccc(F)c(F)c1. The second-order valence-electron chi connectivity index (χ2n) is 5.75. The zero-order valence-corrected chi connectivity index (χ0v) is 13.5. The van der Waals surface area contributed by atoms with Crippen LogP contribution < -0.4 is 15.0 Å². The Hall–Kier alpha value is -2.96. The topological polar surface area (TPSA) is 58.6 Å². The lowest BCUT2D eigenvalue weighted by atomic mass is 10.1. The lowest BCUT2D eigenvalue weighted by Gasteiger charge is -2.27. The third-order valence-corrected chi connectivity index (χ3v) is 3.88. The molecule has 0 fully saturated rings. The molecule has 0 aliphatic carbocycles. The molecule has 3 rings (SSSR count). The van der Waals surface area contributed by atoms with Gasteiger partial charge in [0.2, 0.25) is 5.91 Å². The van der Waals surface area contributed by atoms with Gasteiger partial charge in [-0.05, 0) is 31.2 Å². The minimum Gasteiger partial charge on any atom is -0.484 e. The third kappa shape index (κ3) is 3.60. The molecule has 0 radical (unpaired) electrons. The van der Waals surface area contributed by atoms with Crippen LogP contribution in [0.4, 0.5) is 20.2 Å². The highest BCUT2D eigenvalue weighted by Gasteiger charge is 2.29. The number of hydrogen-bond donors (Lipinski definition) is 1. The Bertz CT molecular complexity index is 826. The molecule has 5 nitrogen and oxygen atoms in total. The number of halogens is 2. The fraction of sp³-hybridized carbons (Fsp3) is 0.222. The Morgan fingerprint density at radius 2 is 2.00 bits per heavy atom. The molecule has 1 atom stereocenters. The average Bonchev–Trinajstić information content (AvgIpc) is 2.70. The Balaban J connectivity index is 1.80. The van der Waals surface area contributed by atoms with Crippen molar-refractivity contribution in [2.75, 3.05) is 16.8 Å². The Kier molecular flexibility index (Phi) is 4.65. The van der Waals surface area contributed by atoms with Crippen molar-refractivity contribution in [1.29, 1.82) is 0 Å². The van der Waals surface area contributed by atoms with Crippen LogP contribution in [0.25, 0.3) is 0 Å². The van der Waals surface area contributed by atoms with E-state index in [0.29, 0.717) is 11.4 Å². The largest absolute Gasteiger partial charge is 0.484 e. The van der Waals surface area contributed by atoms with E-state index in [1.54, 1.807) is 31.2 Å². The summed E-state index contributed by atoms with van der Waals surface area (Å²) in [7, 11) is 0. The number of carbonyl (C=O) groups is 2. The molecule has 2 aromatic rings. The number of rotatable bonds is 3. The molecule has 0 bridgehead atoms. The summed E-state index contributed by atoms with van der Waals surface area (Å²) in [5.41, 5.74) is 1.11. The van der Waals surface area contributed by atoms with E-state index in [-0.39, 0.29) is 36.6 Å². The summed E-state index contributed by atoms with van der Waals surface area (Å²) in [6, 6.07) is 9.65. The second-order valence-corrected chi connectivity index (χ2v) is 5.75. The highest BCUT2D eigenvalue weighted by atomic mass is 19.2. The minimum atomic E-state index is -1.05. The van der Waals surface area contributed by atoms with Crippen LogP contribution >= 0.6 is 0 Å². The number of para-hydroxylation sites is 2. The molecule has 2 amide bonds. The first-order valence-corrected chi connectivity index (χ1v) is 7.74. The third-order valence-electron chi connectivity index (χ3n) is 3.88. The van der Waals surface area contributed by atoms with Crippen LogP contribution in [-0.4, -0.2) is 24.5 Å². The van der Waals surface area contributed by atoms with Gasteiger partial charge in [0.05, 0.1) is 11.4 Å². The van der Waals surface area contributed by atoms with Crippen molar-refractivity contribution in [3.05, 3.63) is 54.1 Å². The van der Waals surface area contributed by atoms with Gasteiger partial charge in [-0.15, -0.1) is 0 Å². The van der Waals surface area contributed by atoms with Gasteiger partial charge in [0.1, 0.15) is 5.75 Å². The predicted octanol–water partition coefficient (Wildman–Crippen LogP) is 3.11. The molecule has 0 unspecified atom stereocenters. The zero-order valence-electron chi connectivity index (χ0n) is 13.5. The average molecular weight is 346 g/mol. The maximum absolute atomic E-state index is 13.2. The van der Waals surface area contributed by atoms with Crippen molar-refractivity contribution in [2.45, 2.75) is 19.4 Å². The van der Waals surface area contributed by atoms with Crippen LogP contribution in [0.5, 0.6) is 5.75 Å². The Morgan fingerprint density at radius 1 is 1.24 bits per heavy atom. The number of ether oxygens (including phenoxy) is 1. The van der Waals surface area contributed by atoms with Gasteiger partial charge in [-0.25, -0.2) is 8.78 Å². The van der Waals surface area contributed by atoms with E-state index in [9.17, 15) is 18.4 Å². The van der Waals surface area contributed by atoms with Gasteiger partial charge in [-0.1, -0.05) is 12.1 Å². The first kappa shape index (κ1) is 16.9.